The van der Waals surface area contributed by atoms with Crippen LogP contribution in [0, 0.1) is 0 Å². The SMILES string of the molecule is COc1ccc(-c2[nH]c3ccccc3c2CCC(=O)NCC(C)(C)N2CCOCC2)cc1. The third kappa shape index (κ3) is 4.97. The van der Waals surface area contributed by atoms with Crippen molar-refractivity contribution in [2.75, 3.05) is 40.0 Å². The second kappa shape index (κ2) is 9.76. The van der Waals surface area contributed by atoms with E-state index >= 15 is 0 Å². The van der Waals surface area contributed by atoms with E-state index in [1.807, 2.05) is 24.3 Å². The third-order valence-electron chi connectivity index (χ3n) is 6.38. The molecule has 0 spiro atoms. The Kier molecular flexibility index (Phi) is 6.82. The molecule has 2 heterocycles. The highest BCUT2D eigenvalue weighted by Crippen LogP contribution is 2.32. The molecule has 32 heavy (non-hydrogen) atoms. The van der Waals surface area contributed by atoms with Gasteiger partial charge in [0.2, 0.25) is 5.91 Å². The van der Waals surface area contributed by atoms with E-state index in [0.717, 1.165) is 48.8 Å². The number of benzene rings is 2. The van der Waals surface area contributed by atoms with E-state index in [4.69, 9.17) is 9.47 Å². The molecule has 6 heteroatoms. The minimum Gasteiger partial charge on any atom is -0.497 e. The van der Waals surface area contributed by atoms with Gasteiger partial charge in [-0.15, -0.1) is 0 Å². The summed E-state index contributed by atoms with van der Waals surface area (Å²) in [5.41, 5.74) is 4.32. The van der Waals surface area contributed by atoms with Gasteiger partial charge in [-0.1, -0.05) is 18.2 Å². The number of carbonyl (C=O) groups is 1. The van der Waals surface area contributed by atoms with Crippen LogP contribution in [-0.2, 0) is 16.0 Å². The number of fused-ring (bicyclic) bond motifs is 1. The summed E-state index contributed by atoms with van der Waals surface area (Å²) in [6, 6.07) is 16.3. The second-order valence-electron chi connectivity index (χ2n) is 8.94. The first-order chi connectivity index (χ1) is 15.5. The van der Waals surface area contributed by atoms with Crippen LogP contribution >= 0.6 is 0 Å². The maximum atomic E-state index is 12.8. The minimum absolute atomic E-state index is 0.0808. The summed E-state index contributed by atoms with van der Waals surface area (Å²) in [4.78, 5) is 18.7. The number of rotatable bonds is 8. The number of hydrogen-bond acceptors (Lipinski definition) is 4. The molecule has 2 N–H and O–H groups in total. The van der Waals surface area contributed by atoms with E-state index in [-0.39, 0.29) is 11.4 Å². The standard InChI is InChI=1S/C26H33N3O3/c1-26(2,29-14-16-32-17-15-29)18-27-24(30)13-12-22-21-6-4-5-7-23(21)28-25(22)19-8-10-20(31-3)11-9-19/h4-11,28H,12-18H2,1-3H3,(H,27,30). The van der Waals surface area contributed by atoms with Crippen LogP contribution in [0.1, 0.15) is 25.8 Å². The minimum atomic E-state index is -0.0888. The number of amides is 1. The van der Waals surface area contributed by atoms with Crippen LogP contribution in [-0.4, -0.2) is 61.3 Å². The van der Waals surface area contributed by atoms with Crippen molar-refractivity contribution in [1.29, 1.82) is 0 Å². The molecule has 0 atom stereocenters. The average Bonchev–Trinajstić information content (AvgIpc) is 3.20. The fraction of sp³-hybridized carbons (Fsp3) is 0.423. The van der Waals surface area contributed by atoms with E-state index in [2.05, 4.69) is 53.3 Å². The van der Waals surface area contributed by atoms with Crippen molar-refractivity contribution >= 4 is 16.8 Å². The zero-order chi connectivity index (χ0) is 22.6. The fourth-order valence-electron chi connectivity index (χ4n) is 4.39. The Morgan fingerprint density at radius 2 is 1.84 bits per heavy atom. The molecule has 1 aromatic heterocycles. The number of methoxy groups -OCH3 is 1. The molecule has 0 bridgehead atoms. The van der Waals surface area contributed by atoms with Crippen LogP contribution in [0.4, 0.5) is 0 Å². The van der Waals surface area contributed by atoms with Gasteiger partial charge >= 0.3 is 0 Å². The molecule has 1 amide bonds. The lowest BCUT2D eigenvalue weighted by Crippen LogP contribution is -2.55. The Labute approximate surface area is 189 Å². The molecule has 1 aliphatic rings. The summed E-state index contributed by atoms with van der Waals surface area (Å²) < 4.78 is 10.8. The van der Waals surface area contributed by atoms with Gasteiger partial charge in [-0.25, -0.2) is 0 Å². The van der Waals surface area contributed by atoms with E-state index in [9.17, 15) is 4.79 Å². The number of nitrogens with one attached hydrogen (secondary N) is 2. The second-order valence-corrected chi connectivity index (χ2v) is 8.94. The molecule has 6 nitrogen and oxygen atoms in total. The lowest BCUT2D eigenvalue weighted by Gasteiger charge is -2.40. The predicted octanol–water partition coefficient (Wildman–Crippen LogP) is 4.00. The fourth-order valence-corrected chi connectivity index (χ4v) is 4.39. The number of aryl methyl sites for hydroxylation is 1. The van der Waals surface area contributed by atoms with E-state index in [1.54, 1.807) is 7.11 Å². The van der Waals surface area contributed by atoms with E-state index in [0.29, 0.717) is 19.4 Å². The molecule has 1 fully saturated rings. The largest absolute Gasteiger partial charge is 0.497 e. The van der Waals surface area contributed by atoms with E-state index in [1.165, 1.54) is 10.9 Å². The van der Waals surface area contributed by atoms with Gasteiger partial charge in [0.25, 0.3) is 0 Å². The summed E-state index contributed by atoms with van der Waals surface area (Å²) in [6.45, 7) is 8.32. The Morgan fingerprint density at radius 1 is 1.12 bits per heavy atom. The van der Waals surface area contributed by atoms with Crippen molar-refractivity contribution in [3.05, 3.63) is 54.1 Å². The van der Waals surface area contributed by atoms with Crippen molar-refractivity contribution in [3.63, 3.8) is 0 Å². The van der Waals surface area contributed by atoms with Crippen LogP contribution in [0.2, 0.25) is 0 Å². The Balaban J connectivity index is 1.45. The van der Waals surface area contributed by atoms with Crippen LogP contribution in [0.25, 0.3) is 22.2 Å². The molecular weight excluding hydrogens is 402 g/mol. The number of carbonyl (C=O) groups excluding carboxylic acids is 1. The average molecular weight is 436 g/mol. The van der Waals surface area contributed by atoms with Crippen molar-refractivity contribution in [3.8, 4) is 17.0 Å². The van der Waals surface area contributed by atoms with Crippen molar-refractivity contribution < 1.29 is 14.3 Å². The first kappa shape index (κ1) is 22.4. The molecule has 170 valence electrons. The first-order valence-corrected chi connectivity index (χ1v) is 11.3. The van der Waals surface area contributed by atoms with Gasteiger partial charge in [0.1, 0.15) is 5.75 Å². The quantitative estimate of drug-likeness (QED) is 0.561. The Bertz CT molecular complexity index is 1050. The molecule has 0 unspecified atom stereocenters. The summed E-state index contributed by atoms with van der Waals surface area (Å²) in [5, 5.41) is 4.32. The molecule has 0 saturated carbocycles. The number of ether oxygens (including phenoxy) is 2. The summed E-state index contributed by atoms with van der Waals surface area (Å²) >= 11 is 0. The number of nitrogens with zero attached hydrogens (tertiary/aromatic N) is 1. The van der Waals surface area contributed by atoms with E-state index < -0.39 is 0 Å². The number of H-pyrrole nitrogens is 1. The smallest absolute Gasteiger partial charge is 0.220 e. The number of hydrogen-bond donors (Lipinski definition) is 2. The zero-order valence-electron chi connectivity index (χ0n) is 19.2. The molecule has 1 aliphatic heterocycles. The maximum Gasteiger partial charge on any atom is 0.220 e. The van der Waals surface area contributed by atoms with Gasteiger partial charge in [0.05, 0.1) is 20.3 Å². The van der Waals surface area contributed by atoms with Gasteiger partial charge in [0, 0.05) is 48.2 Å². The normalized spacial score (nSPS) is 15.1. The zero-order valence-corrected chi connectivity index (χ0v) is 19.2. The predicted molar refractivity (Wildman–Crippen MR) is 128 cm³/mol. The summed E-state index contributed by atoms with van der Waals surface area (Å²) in [7, 11) is 1.67. The monoisotopic (exact) mass is 435 g/mol. The molecule has 0 radical (unpaired) electrons. The molecule has 1 saturated heterocycles. The number of aromatic amines is 1. The Morgan fingerprint density at radius 3 is 2.56 bits per heavy atom. The van der Waals surface area contributed by atoms with Crippen LogP contribution in [0.3, 0.4) is 0 Å². The van der Waals surface area contributed by atoms with Gasteiger partial charge < -0.3 is 19.8 Å². The van der Waals surface area contributed by atoms with Gasteiger partial charge in [-0.05, 0) is 61.7 Å². The van der Waals surface area contributed by atoms with Gasteiger partial charge in [-0.2, -0.15) is 0 Å². The van der Waals surface area contributed by atoms with Crippen molar-refractivity contribution in [2.45, 2.75) is 32.2 Å². The van der Waals surface area contributed by atoms with Gasteiger partial charge in [0.15, 0.2) is 0 Å². The number of aromatic nitrogens is 1. The third-order valence-corrected chi connectivity index (χ3v) is 6.38. The summed E-state index contributed by atoms with van der Waals surface area (Å²) in [5.74, 6) is 0.908. The van der Waals surface area contributed by atoms with Crippen LogP contribution in [0.15, 0.2) is 48.5 Å². The molecule has 0 aliphatic carbocycles. The highest BCUT2D eigenvalue weighted by atomic mass is 16.5. The molecule has 3 aromatic rings. The topological polar surface area (TPSA) is 66.6 Å². The number of morpholine rings is 1. The van der Waals surface area contributed by atoms with Crippen molar-refractivity contribution in [2.24, 2.45) is 0 Å². The lowest BCUT2D eigenvalue weighted by atomic mass is 10.00. The lowest BCUT2D eigenvalue weighted by molar-refractivity contribution is -0.121. The van der Waals surface area contributed by atoms with Crippen LogP contribution in [0.5, 0.6) is 5.75 Å². The summed E-state index contributed by atoms with van der Waals surface area (Å²) in [6.07, 6.45) is 1.12. The Hall–Kier alpha value is -2.83. The molecule has 2 aromatic carbocycles. The molecular formula is C26H33N3O3. The molecule has 4 rings (SSSR count). The van der Waals surface area contributed by atoms with Gasteiger partial charge in [-0.3, -0.25) is 9.69 Å². The number of para-hydroxylation sites is 1. The van der Waals surface area contributed by atoms with Crippen molar-refractivity contribution in [1.82, 2.24) is 15.2 Å². The highest BCUT2D eigenvalue weighted by Gasteiger charge is 2.28. The van der Waals surface area contributed by atoms with Crippen LogP contribution < -0.4 is 10.1 Å². The maximum absolute atomic E-state index is 12.8. The highest BCUT2D eigenvalue weighted by molar-refractivity contribution is 5.91. The first-order valence-electron chi connectivity index (χ1n) is 11.3.